The van der Waals surface area contributed by atoms with Crippen molar-refractivity contribution >= 4 is 0 Å². The molecular formula is C12H16N4O. The summed E-state index contributed by atoms with van der Waals surface area (Å²) in [6.07, 6.45) is 2.33. The highest BCUT2D eigenvalue weighted by molar-refractivity contribution is 5.32. The first-order valence-electron chi connectivity index (χ1n) is 5.52. The maximum Gasteiger partial charge on any atom is 0.140 e. The third kappa shape index (κ3) is 2.69. The molecule has 0 fully saturated rings. The van der Waals surface area contributed by atoms with E-state index in [-0.39, 0.29) is 6.10 Å². The first kappa shape index (κ1) is 11.8. The molecule has 90 valence electrons. The zero-order valence-corrected chi connectivity index (χ0v) is 9.78. The molecule has 2 N–H and O–H groups in total. The molecule has 0 bridgehead atoms. The van der Waals surface area contributed by atoms with Crippen LogP contribution in [0, 0.1) is 0 Å². The predicted molar refractivity (Wildman–Crippen MR) is 64.9 cm³/mol. The SMILES string of the molecule is COC(CN)Cc1nncn1-c1ccccc1. The van der Waals surface area contributed by atoms with Crippen molar-refractivity contribution in [3.8, 4) is 5.69 Å². The van der Waals surface area contributed by atoms with E-state index >= 15 is 0 Å². The molecule has 0 saturated heterocycles. The molecule has 1 atom stereocenters. The molecule has 17 heavy (non-hydrogen) atoms. The fourth-order valence-electron chi connectivity index (χ4n) is 1.67. The Bertz CT molecular complexity index is 451. The van der Waals surface area contributed by atoms with Gasteiger partial charge in [0.1, 0.15) is 12.2 Å². The van der Waals surface area contributed by atoms with E-state index in [1.165, 1.54) is 0 Å². The van der Waals surface area contributed by atoms with Crippen molar-refractivity contribution in [1.82, 2.24) is 14.8 Å². The Labute approximate surface area is 100 Å². The average Bonchev–Trinajstić information content (AvgIpc) is 2.85. The van der Waals surface area contributed by atoms with Crippen molar-refractivity contribution in [1.29, 1.82) is 0 Å². The average molecular weight is 232 g/mol. The van der Waals surface area contributed by atoms with Gasteiger partial charge in [-0.05, 0) is 12.1 Å². The summed E-state index contributed by atoms with van der Waals surface area (Å²) in [5, 5.41) is 8.04. The summed E-state index contributed by atoms with van der Waals surface area (Å²) in [5.41, 5.74) is 6.65. The molecular weight excluding hydrogens is 216 g/mol. The van der Waals surface area contributed by atoms with E-state index in [1.807, 2.05) is 34.9 Å². The molecule has 0 radical (unpaired) electrons. The van der Waals surface area contributed by atoms with Crippen molar-refractivity contribution < 1.29 is 4.74 Å². The van der Waals surface area contributed by atoms with E-state index in [2.05, 4.69) is 10.2 Å². The second kappa shape index (κ2) is 5.56. The summed E-state index contributed by atoms with van der Waals surface area (Å²) < 4.78 is 7.20. The quantitative estimate of drug-likeness (QED) is 0.827. The zero-order chi connectivity index (χ0) is 12.1. The Balaban J connectivity index is 2.23. The topological polar surface area (TPSA) is 66.0 Å². The molecule has 0 aliphatic rings. The van der Waals surface area contributed by atoms with Crippen LogP contribution in [0.15, 0.2) is 36.7 Å². The minimum Gasteiger partial charge on any atom is -0.380 e. The van der Waals surface area contributed by atoms with Crippen LogP contribution in [0.4, 0.5) is 0 Å². The Morgan fingerprint density at radius 2 is 2.12 bits per heavy atom. The van der Waals surface area contributed by atoms with Crippen LogP contribution in [0.3, 0.4) is 0 Å². The van der Waals surface area contributed by atoms with Crippen LogP contribution < -0.4 is 5.73 Å². The number of methoxy groups -OCH3 is 1. The third-order valence-corrected chi connectivity index (χ3v) is 2.66. The molecule has 0 spiro atoms. The Morgan fingerprint density at radius 3 is 2.76 bits per heavy atom. The number of benzene rings is 1. The minimum absolute atomic E-state index is 0.0262. The molecule has 2 rings (SSSR count). The van der Waals surface area contributed by atoms with Gasteiger partial charge in [0.2, 0.25) is 0 Å². The van der Waals surface area contributed by atoms with Crippen molar-refractivity contribution in [3.63, 3.8) is 0 Å². The maximum absolute atomic E-state index is 5.61. The van der Waals surface area contributed by atoms with Gasteiger partial charge >= 0.3 is 0 Å². The van der Waals surface area contributed by atoms with Gasteiger partial charge in [0.05, 0.1) is 6.10 Å². The van der Waals surface area contributed by atoms with Gasteiger partial charge in [-0.3, -0.25) is 4.57 Å². The Hall–Kier alpha value is -1.72. The third-order valence-electron chi connectivity index (χ3n) is 2.66. The second-order valence-electron chi connectivity index (χ2n) is 3.75. The number of hydrogen-bond acceptors (Lipinski definition) is 4. The van der Waals surface area contributed by atoms with E-state index in [1.54, 1.807) is 13.4 Å². The molecule has 0 saturated carbocycles. The van der Waals surface area contributed by atoms with Crippen molar-refractivity contribution in [2.45, 2.75) is 12.5 Å². The smallest absolute Gasteiger partial charge is 0.140 e. The molecule has 0 aliphatic carbocycles. The summed E-state index contributed by atoms with van der Waals surface area (Å²) in [7, 11) is 1.65. The van der Waals surface area contributed by atoms with Crippen molar-refractivity contribution in [3.05, 3.63) is 42.5 Å². The summed E-state index contributed by atoms with van der Waals surface area (Å²) in [4.78, 5) is 0. The van der Waals surface area contributed by atoms with Crippen LogP contribution in [0.5, 0.6) is 0 Å². The lowest BCUT2D eigenvalue weighted by atomic mass is 10.2. The van der Waals surface area contributed by atoms with Crippen LogP contribution in [-0.2, 0) is 11.2 Å². The molecule has 0 amide bonds. The van der Waals surface area contributed by atoms with Gasteiger partial charge in [-0.15, -0.1) is 10.2 Å². The summed E-state index contributed by atoms with van der Waals surface area (Å²) in [6.45, 7) is 0.470. The minimum atomic E-state index is -0.0262. The van der Waals surface area contributed by atoms with Gasteiger partial charge in [-0.1, -0.05) is 18.2 Å². The lowest BCUT2D eigenvalue weighted by Gasteiger charge is -2.13. The van der Waals surface area contributed by atoms with Gasteiger partial charge in [-0.25, -0.2) is 0 Å². The molecule has 1 aromatic carbocycles. The van der Waals surface area contributed by atoms with Crippen LogP contribution in [-0.4, -0.2) is 34.5 Å². The highest BCUT2D eigenvalue weighted by atomic mass is 16.5. The largest absolute Gasteiger partial charge is 0.380 e. The second-order valence-corrected chi connectivity index (χ2v) is 3.75. The molecule has 5 heteroatoms. The fourth-order valence-corrected chi connectivity index (χ4v) is 1.67. The van der Waals surface area contributed by atoms with Gasteiger partial charge in [-0.2, -0.15) is 0 Å². The lowest BCUT2D eigenvalue weighted by molar-refractivity contribution is 0.108. The molecule has 0 aliphatic heterocycles. The molecule has 2 aromatic rings. The molecule has 5 nitrogen and oxygen atoms in total. The normalized spacial score (nSPS) is 12.6. The molecule has 1 unspecified atom stereocenters. The number of ether oxygens (including phenoxy) is 1. The van der Waals surface area contributed by atoms with Gasteiger partial charge in [0, 0.05) is 25.8 Å². The van der Waals surface area contributed by atoms with Gasteiger partial charge in [0.25, 0.3) is 0 Å². The first-order chi connectivity index (χ1) is 8.35. The fraction of sp³-hybridized carbons (Fsp3) is 0.333. The Morgan fingerprint density at radius 1 is 1.35 bits per heavy atom. The summed E-state index contributed by atoms with van der Waals surface area (Å²) in [6, 6.07) is 9.96. The molecule has 1 heterocycles. The number of para-hydroxylation sites is 1. The predicted octanol–water partition coefficient (Wildman–Crippen LogP) is 0.783. The van der Waals surface area contributed by atoms with E-state index in [0.717, 1.165) is 11.5 Å². The zero-order valence-electron chi connectivity index (χ0n) is 9.78. The number of nitrogens with two attached hydrogens (primary N) is 1. The number of aromatic nitrogens is 3. The van der Waals surface area contributed by atoms with E-state index in [0.29, 0.717) is 13.0 Å². The lowest BCUT2D eigenvalue weighted by Crippen LogP contribution is -2.26. The van der Waals surface area contributed by atoms with E-state index in [4.69, 9.17) is 10.5 Å². The highest BCUT2D eigenvalue weighted by Crippen LogP contribution is 2.10. The van der Waals surface area contributed by atoms with Crippen LogP contribution in [0.25, 0.3) is 5.69 Å². The van der Waals surface area contributed by atoms with Gasteiger partial charge in [0.15, 0.2) is 0 Å². The monoisotopic (exact) mass is 232 g/mol. The molecule has 1 aromatic heterocycles. The van der Waals surface area contributed by atoms with E-state index in [9.17, 15) is 0 Å². The number of rotatable bonds is 5. The van der Waals surface area contributed by atoms with E-state index < -0.39 is 0 Å². The Kier molecular flexibility index (Phi) is 3.85. The number of nitrogens with zero attached hydrogens (tertiary/aromatic N) is 3. The van der Waals surface area contributed by atoms with Crippen molar-refractivity contribution in [2.24, 2.45) is 5.73 Å². The van der Waals surface area contributed by atoms with Crippen LogP contribution >= 0.6 is 0 Å². The standard InChI is InChI=1S/C12H16N4O/c1-17-11(8-13)7-12-15-14-9-16(12)10-5-3-2-4-6-10/h2-6,9,11H,7-8,13H2,1H3. The summed E-state index contributed by atoms with van der Waals surface area (Å²) >= 11 is 0. The van der Waals surface area contributed by atoms with Gasteiger partial charge < -0.3 is 10.5 Å². The summed E-state index contributed by atoms with van der Waals surface area (Å²) in [5.74, 6) is 0.855. The maximum atomic E-state index is 5.61. The van der Waals surface area contributed by atoms with Crippen LogP contribution in [0.2, 0.25) is 0 Å². The first-order valence-corrected chi connectivity index (χ1v) is 5.52. The van der Waals surface area contributed by atoms with Crippen LogP contribution in [0.1, 0.15) is 5.82 Å². The highest BCUT2D eigenvalue weighted by Gasteiger charge is 2.12. The van der Waals surface area contributed by atoms with Crippen molar-refractivity contribution in [2.75, 3.05) is 13.7 Å². The number of hydrogen-bond donors (Lipinski definition) is 1.